The summed E-state index contributed by atoms with van der Waals surface area (Å²) in [5, 5.41) is 4.36. The molecule has 0 aliphatic heterocycles. The molecule has 2 aromatic carbocycles. The van der Waals surface area contributed by atoms with Gasteiger partial charge in [0.1, 0.15) is 5.82 Å². The zero-order valence-corrected chi connectivity index (χ0v) is 15.3. The first-order chi connectivity index (χ1) is 12.3. The zero-order chi connectivity index (χ0) is 18.9. The van der Waals surface area contributed by atoms with Gasteiger partial charge in [0.05, 0.1) is 17.7 Å². The van der Waals surface area contributed by atoms with Crippen molar-refractivity contribution in [1.82, 2.24) is 9.78 Å². The van der Waals surface area contributed by atoms with Crippen molar-refractivity contribution >= 4 is 15.8 Å². The van der Waals surface area contributed by atoms with Crippen molar-refractivity contribution in [2.45, 2.75) is 11.8 Å². The molecule has 0 aliphatic rings. The van der Waals surface area contributed by atoms with Gasteiger partial charge in [0.25, 0.3) is 10.0 Å². The van der Waals surface area contributed by atoms with E-state index in [1.54, 1.807) is 13.1 Å². The Balaban J connectivity index is 1.94. The average molecular weight is 375 g/mol. The molecular weight excluding hydrogens is 357 g/mol. The zero-order valence-electron chi connectivity index (χ0n) is 14.5. The summed E-state index contributed by atoms with van der Waals surface area (Å²) in [7, 11) is -1.02. The summed E-state index contributed by atoms with van der Waals surface area (Å²) < 4.78 is 47.6. The highest BCUT2D eigenvalue weighted by Gasteiger charge is 2.19. The van der Waals surface area contributed by atoms with E-state index in [1.807, 2.05) is 31.2 Å². The molecule has 6 nitrogen and oxygen atoms in total. The number of ether oxygens (including phenoxy) is 1. The van der Waals surface area contributed by atoms with Crippen molar-refractivity contribution < 1.29 is 17.5 Å². The number of nitrogens with one attached hydrogen (secondary N) is 1. The molecule has 0 amide bonds. The fourth-order valence-corrected chi connectivity index (χ4v) is 3.66. The van der Waals surface area contributed by atoms with E-state index in [1.165, 1.54) is 23.9 Å². The van der Waals surface area contributed by atoms with Gasteiger partial charge in [-0.25, -0.2) is 12.8 Å². The lowest BCUT2D eigenvalue weighted by atomic mass is 10.1. The Labute approximate surface area is 151 Å². The van der Waals surface area contributed by atoms with Gasteiger partial charge in [-0.05, 0) is 30.7 Å². The topological polar surface area (TPSA) is 73.2 Å². The van der Waals surface area contributed by atoms with Gasteiger partial charge in [0.15, 0.2) is 11.6 Å². The van der Waals surface area contributed by atoms with Gasteiger partial charge >= 0.3 is 0 Å². The number of hydrogen-bond donors (Lipinski definition) is 1. The van der Waals surface area contributed by atoms with Gasteiger partial charge in [-0.3, -0.25) is 9.40 Å². The van der Waals surface area contributed by atoms with Gasteiger partial charge in [0, 0.05) is 18.7 Å². The van der Waals surface area contributed by atoms with E-state index in [0.29, 0.717) is 5.69 Å². The van der Waals surface area contributed by atoms with Crippen molar-refractivity contribution in [3.63, 3.8) is 0 Å². The summed E-state index contributed by atoms with van der Waals surface area (Å²) in [4.78, 5) is -0.200. The predicted molar refractivity (Wildman–Crippen MR) is 97.1 cm³/mol. The summed E-state index contributed by atoms with van der Waals surface area (Å²) in [6.07, 6.45) is 0. The van der Waals surface area contributed by atoms with E-state index in [2.05, 4.69) is 9.82 Å². The quantitative estimate of drug-likeness (QED) is 0.742. The predicted octanol–water partition coefficient (Wildman–Crippen LogP) is 3.34. The van der Waals surface area contributed by atoms with Crippen molar-refractivity contribution in [2.24, 2.45) is 7.05 Å². The van der Waals surface area contributed by atoms with Crippen LogP contribution in [0.15, 0.2) is 53.4 Å². The van der Waals surface area contributed by atoms with Crippen LogP contribution < -0.4 is 9.46 Å². The summed E-state index contributed by atoms with van der Waals surface area (Å²) >= 11 is 0. The summed E-state index contributed by atoms with van der Waals surface area (Å²) in [5.74, 6) is -0.494. The van der Waals surface area contributed by atoms with Crippen LogP contribution in [0.5, 0.6) is 5.75 Å². The van der Waals surface area contributed by atoms with Crippen molar-refractivity contribution in [3.8, 4) is 17.0 Å². The fraction of sp³-hybridized carbons (Fsp3) is 0.167. The second kappa shape index (κ2) is 6.80. The van der Waals surface area contributed by atoms with Crippen LogP contribution in [0.3, 0.4) is 0 Å². The van der Waals surface area contributed by atoms with Crippen LogP contribution in [0, 0.1) is 12.7 Å². The molecule has 0 saturated heterocycles. The van der Waals surface area contributed by atoms with Gasteiger partial charge in [-0.2, -0.15) is 5.10 Å². The van der Waals surface area contributed by atoms with E-state index in [0.717, 1.165) is 17.2 Å². The molecule has 0 atom stereocenters. The third-order valence-electron chi connectivity index (χ3n) is 3.97. The van der Waals surface area contributed by atoms with E-state index >= 15 is 0 Å². The minimum Gasteiger partial charge on any atom is -0.494 e. The van der Waals surface area contributed by atoms with Crippen LogP contribution in [0.25, 0.3) is 11.3 Å². The first kappa shape index (κ1) is 17.9. The van der Waals surface area contributed by atoms with Crippen LogP contribution in [0.4, 0.5) is 10.2 Å². The number of sulfonamides is 1. The van der Waals surface area contributed by atoms with Gasteiger partial charge in [0.2, 0.25) is 0 Å². The number of halogens is 1. The number of aryl methyl sites for hydroxylation is 2. The Kier molecular flexibility index (Phi) is 4.69. The molecule has 136 valence electrons. The Bertz CT molecular complexity index is 1060. The van der Waals surface area contributed by atoms with Crippen molar-refractivity contribution in [3.05, 3.63) is 59.9 Å². The second-order valence-corrected chi connectivity index (χ2v) is 7.44. The third kappa shape index (κ3) is 3.41. The van der Waals surface area contributed by atoms with Crippen LogP contribution in [-0.2, 0) is 17.1 Å². The highest BCUT2D eigenvalue weighted by atomic mass is 32.2. The van der Waals surface area contributed by atoms with Gasteiger partial charge in [-0.1, -0.05) is 24.3 Å². The monoisotopic (exact) mass is 375 g/mol. The van der Waals surface area contributed by atoms with Crippen molar-refractivity contribution in [2.75, 3.05) is 11.8 Å². The first-order valence-electron chi connectivity index (χ1n) is 7.78. The minimum atomic E-state index is -3.97. The molecule has 0 unspecified atom stereocenters. The molecule has 0 bridgehead atoms. The molecule has 1 N–H and O–H groups in total. The van der Waals surface area contributed by atoms with E-state index in [9.17, 15) is 12.8 Å². The Morgan fingerprint density at radius 2 is 1.88 bits per heavy atom. The second-order valence-electron chi connectivity index (χ2n) is 5.76. The summed E-state index contributed by atoms with van der Waals surface area (Å²) in [6.45, 7) is 1.95. The van der Waals surface area contributed by atoms with Crippen LogP contribution >= 0.6 is 0 Å². The average Bonchev–Trinajstić information content (AvgIpc) is 2.95. The molecule has 0 radical (unpaired) electrons. The number of aromatic nitrogens is 2. The van der Waals surface area contributed by atoms with Crippen LogP contribution in [0.1, 0.15) is 5.56 Å². The van der Waals surface area contributed by atoms with Crippen molar-refractivity contribution in [1.29, 1.82) is 0 Å². The van der Waals surface area contributed by atoms with E-state index in [-0.39, 0.29) is 16.5 Å². The third-order valence-corrected chi connectivity index (χ3v) is 5.33. The molecule has 1 aromatic heterocycles. The Morgan fingerprint density at radius 1 is 1.15 bits per heavy atom. The maximum atomic E-state index is 13.8. The molecule has 0 aliphatic carbocycles. The number of benzene rings is 2. The lowest BCUT2D eigenvalue weighted by molar-refractivity contribution is 0.385. The number of hydrogen-bond acceptors (Lipinski definition) is 4. The smallest absolute Gasteiger partial charge is 0.263 e. The Morgan fingerprint density at radius 3 is 2.54 bits per heavy atom. The summed E-state index contributed by atoms with van der Waals surface area (Å²) in [6, 6.07) is 12.8. The lowest BCUT2D eigenvalue weighted by Crippen LogP contribution is -2.15. The van der Waals surface area contributed by atoms with E-state index in [4.69, 9.17) is 4.74 Å². The fourth-order valence-electron chi connectivity index (χ4n) is 2.57. The lowest BCUT2D eigenvalue weighted by Gasteiger charge is -2.09. The number of methoxy groups -OCH3 is 1. The maximum absolute atomic E-state index is 13.8. The Hall–Kier alpha value is -2.87. The number of nitrogens with zero attached hydrogens (tertiary/aromatic N) is 2. The largest absolute Gasteiger partial charge is 0.494 e. The van der Waals surface area contributed by atoms with Crippen LogP contribution in [0.2, 0.25) is 0 Å². The first-order valence-corrected chi connectivity index (χ1v) is 9.26. The molecule has 0 fully saturated rings. The standard InChI is InChI=1S/C18H18FN3O3S/c1-12-6-4-5-7-14(12)16-11-18(22(2)20-16)21-26(23,24)13-8-9-17(25-3)15(19)10-13/h4-11,21H,1-3H3. The molecular formula is C18H18FN3O3S. The molecule has 26 heavy (non-hydrogen) atoms. The molecule has 1 heterocycles. The number of anilines is 1. The number of rotatable bonds is 5. The molecule has 0 spiro atoms. The highest BCUT2D eigenvalue weighted by molar-refractivity contribution is 7.92. The summed E-state index contributed by atoms with van der Waals surface area (Å²) in [5.41, 5.74) is 2.57. The maximum Gasteiger partial charge on any atom is 0.263 e. The van der Waals surface area contributed by atoms with Crippen LogP contribution in [-0.4, -0.2) is 25.3 Å². The molecule has 0 saturated carbocycles. The van der Waals surface area contributed by atoms with E-state index < -0.39 is 15.8 Å². The molecule has 3 aromatic rings. The molecule has 3 rings (SSSR count). The minimum absolute atomic E-state index is 0.0219. The normalized spacial score (nSPS) is 11.4. The highest BCUT2D eigenvalue weighted by Crippen LogP contribution is 2.27. The SMILES string of the molecule is COc1ccc(S(=O)(=O)Nc2cc(-c3ccccc3C)nn2C)cc1F. The van der Waals surface area contributed by atoms with Gasteiger partial charge < -0.3 is 4.74 Å². The van der Waals surface area contributed by atoms with Gasteiger partial charge in [-0.15, -0.1) is 0 Å². The molecule has 8 heteroatoms.